The van der Waals surface area contributed by atoms with E-state index in [0.717, 1.165) is 23.2 Å². The van der Waals surface area contributed by atoms with Crippen molar-refractivity contribution < 1.29 is 14.3 Å². The van der Waals surface area contributed by atoms with E-state index in [1.165, 1.54) is 27.0 Å². The van der Waals surface area contributed by atoms with Crippen LogP contribution in [0.3, 0.4) is 0 Å². The van der Waals surface area contributed by atoms with Gasteiger partial charge in [0, 0.05) is 21.8 Å². The molecule has 0 saturated heterocycles. The van der Waals surface area contributed by atoms with Crippen LogP contribution in [0.15, 0.2) is 24.3 Å². The molecular formula is C15H18NO3+. The van der Waals surface area contributed by atoms with E-state index in [1.54, 1.807) is 6.07 Å². The van der Waals surface area contributed by atoms with Gasteiger partial charge in [0.1, 0.15) is 0 Å². The molecule has 19 heavy (non-hydrogen) atoms. The predicted molar refractivity (Wildman–Crippen MR) is 70.2 cm³/mol. The third-order valence-electron chi connectivity index (χ3n) is 4.65. The van der Waals surface area contributed by atoms with Crippen LogP contribution in [0.5, 0.6) is 0 Å². The fourth-order valence-electron chi connectivity index (χ4n) is 3.42. The number of methoxy groups -OCH3 is 1. The molecule has 100 valence electrons. The molecule has 0 atom stereocenters. The largest absolute Gasteiger partial charge is 0.468 e. The predicted octanol–water partition coefficient (Wildman–Crippen LogP) is 2.71. The summed E-state index contributed by atoms with van der Waals surface area (Å²) >= 11 is 0. The lowest BCUT2D eigenvalue weighted by Gasteiger charge is -2.46. The number of nitrogens with zero attached hydrogens (tertiary/aromatic N) is 1. The highest BCUT2D eigenvalue weighted by molar-refractivity contribution is 5.85. The first-order valence-electron chi connectivity index (χ1n) is 6.61. The van der Waals surface area contributed by atoms with Crippen molar-refractivity contribution in [3.63, 3.8) is 0 Å². The third kappa shape index (κ3) is 1.78. The number of hydrogen-bond acceptors (Lipinski definition) is 3. The van der Waals surface area contributed by atoms with Crippen molar-refractivity contribution in [2.75, 3.05) is 14.2 Å². The number of hydrogen-bond donors (Lipinski definition) is 0. The molecule has 4 heteroatoms. The van der Waals surface area contributed by atoms with Gasteiger partial charge >= 0.3 is 5.97 Å². The van der Waals surface area contributed by atoms with Gasteiger partial charge in [0.15, 0.2) is 7.05 Å². The molecule has 2 fully saturated rings. The number of esters is 1. The Bertz CT molecular complexity index is 552. The van der Waals surface area contributed by atoms with Crippen molar-refractivity contribution in [3.05, 3.63) is 34.7 Å². The van der Waals surface area contributed by atoms with Crippen LogP contribution in [0, 0.1) is 10.3 Å². The summed E-state index contributed by atoms with van der Waals surface area (Å²) in [6.45, 7) is 0. The van der Waals surface area contributed by atoms with E-state index in [4.69, 9.17) is 4.74 Å². The van der Waals surface area contributed by atoms with Crippen LogP contribution in [0.25, 0.3) is 0 Å². The maximum Gasteiger partial charge on any atom is 0.316 e. The lowest BCUT2D eigenvalue weighted by atomic mass is 9.56. The summed E-state index contributed by atoms with van der Waals surface area (Å²) in [4.78, 5) is 23.6. The lowest BCUT2D eigenvalue weighted by molar-refractivity contribution is -0.428. The number of rotatable bonds is 3. The zero-order chi connectivity index (χ0) is 13.7. The zero-order valence-corrected chi connectivity index (χ0v) is 11.3. The zero-order valence-electron chi connectivity index (χ0n) is 11.3. The average Bonchev–Trinajstić information content (AvgIpc) is 3.16. The summed E-state index contributed by atoms with van der Waals surface area (Å²) in [6, 6.07) is 7.34. The highest BCUT2D eigenvalue weighted by Gasteiger charge is 2.65. The average molecular weight is 260 g/mol. The first-order chi connectivity index (χ1) is 9.01. The van der Waals surface area contributed by atoms with Gasteiger partial charge in [-0.3, -0.25) is 4.79 Å². The van der Waals surface area contributed by atoms with Crippen LogP contribution in [0.4, 0.5) is 5.69 Å². The molecule has 4 nitrogen and oxygen atoms in total. The van der Waals surface area contributed by atoms with Crippen LogP contribution < -0.4 is 0 Å². The molecule has 2 aliphatic carbocycles. The van der Waals surface area contributed by atoms with E-state index in [2.05, 4.69) is 0 Å². The summed E-state index contributed by atoms with van der Waals surface area (Å²) < 4.78 is 5.82. The van der Waals surface area contributed by atoms with E-state index >= 15 is 0 Å². The number of benzene rings is 1. The Balaban J connectivity index is 1.98. The van der Waals surface area contributed by atoms with Crippen molar-refractivity contribution in [2.24, 2.45) is 5.41 Å². The van der Waals surface area contributed by atoms with E-state index < -0.39 is 5.41 Å². The Kier molecular flexibility index (Phi) is 2.52. The molecule has 2 saturated carbocycles. The molecular weight excluding hydrogens is 242 g/mol. The third-order valence-corrected chi connectivity index (χ3v) is 4.65. The molecule has 0 N–H and O–H groups in total. The van der Waals surface area contributed by atoms with Gasteiger partial charge < -0.3 is 4.74 Å². The van der Waals surface area contributed by atoms with Crippen LogP contribution >= 0.6 is 0 Å². The lowest BCUT2D eigenvalue weighted by Crippen LogP contribution is -2.49. The maximum atomic E-state index is 12.2. The Morgan fingerprint density at radius 2 is 2.00 bits per heavy atom. The number of carbonyl (C=O) groups excluding carboxylic acids is 1. The topological polar surface area (TPSA) is 46.4 Å². The van der Waals surface area contributed by atoms with Gasteiger partial charge in [-0.1, -0.05) is 12.1 Å². The van der Waals surface area contributed by atoms with Crippen molar-refractivity contribution in [1.29, 1.82) is 0 Å². The summed E-state index contributed by atoms with van der Waals surface area (Å²) in [7, 11) is 2.90. The fourth-order valence-corrected chi connectivity index (χ4v) is 3.42. The molecule has 3 rings (SSSR count). The SMILES string of the molecule is COC(=O)C1(c2cccc([N+](C)=O)c2)CC2(CC2)C1. The Morgan fingerprint density at radius 3 is 2.53 bits per heavy atom. The Morgan fingerprint density at radius 1 is 1.32 bits per heavy atom. The van der Waals surface area contributed by atoms with Gasteiger partial charge in [0.25, 0.3) is 5.69 Å². The second-order valence-electron chi connectivity index (χ2n) is 5.98. The molecule has 1 spiro atoms. The monoisotopic (exact) mass is 260 g/mol. The molecule has 1 aromatic rings. The normalized spacial score (nSPS) is 21.6. The second kappa shape index (κ2) is 3.89. The van der Waals surface area contributed by atoms with Gasteiger partial charge in [0.2, 0.25) is 0 Å². The minimum absolute atomic E-state index is 0.171. The smallest absolute Gasteiger partial charge is 0.316 e. The van der Waals surface area contributed by atoms with E-state index in [9.17, 15) is 9.70 Å². The van der Waals surface area contributed by atoms with E-state index in [1.807, 2.05) is 18.2 Å². The quantitative estimate of drug-likeness (QED) is 0.620. The van der Waals surface area contributed by atoms with E-state index in [0.29, 0.717) is 11.1 Å². The molecule has 2 aliphatic rings. The first-order valence-corrected chi connectivity index (χ1v) is 6.61. The van der Waals surface area contributed by atoms with Gasteiger partial charge in [-0.2, -0.15) is 0 Å². The molecule has 0 unspecified atom stereocenters. The number of nitroso groups, excluding NO2 is 1. The second-order valence-corrected chi connectivity index (χ2v) is 5.98. The van der Waals surface area contributed by atoms with Crippen molar-refractivity contribution in [2.45, 2.75) is 31.1 Å². The van der Waals surface area contributed by atoms with Crippen LogP contribution in [0.2, 0.25) is 0 Å². The van der Waals surface area contributed by atoms with Gasteiger partial charge in [-0.05, 0) is 36.7 Å². The maximum absolute atomic E-state index is 12.2. The molecule has 1 aromatic carbocycles. The van der Waals surface area contributed by atoms with Crippen molar-refractivity contribution in [3.8, 4) is 0 Å². The molecule has 0 aliphatic heterocycles. The summed E-state index contributed by atoms with van der Waals surface area (Å²) in [5.41, 5.74) is 1.35. The van der Waals surface area contributed by atoms with Crippen molar-refractivity contribution in [1.82, 2.24) is 0 Å². The van der Waals surface area contributed by atoms with E-state index in [-0.39, 0.29) is 5.97 Å². The van der Waals surface area contributed by atoms with Crippen LogP contribution in [0.1, 0.15) is 31.2 Å². The molecule has 0 radical (unpaired) electrons. The molecule has 0 heterocycles. The van der Waals surface area contributed by atoms with Crippen LogP contribution in [-0.2, 0) is 14.9 Å². The van der Waals surface area contributed by atoms with Gasteiger partial charge in [-0.15, -0.1) is 0 Å². The Labute approximate surface area is 112 Å². The molecule has 0 bridgehead atoms. The van der Waals surface area contributed by atoms with Crippen molar-refractivity contribution >= 4 is 11.7 Å². The number of carbonyl (C=O) groups is 1. The fraction of sp³-hybridized carbons (Fsp3) is 0.533. The van der Waals surface area contributed by atoms with Gasteiger partial charge in [0.05, 0.1) is 12.5 Å². The molecule has 0 aromatic heterocycles. The first kappa shape index (κ1) is 12.3. The molecule has 0 amide bonds. The highest BCUT2D eigenvalue weighted by Crippen LogP contribution is 2.69. The Hall–Kier alpha value is -1.71. The van der Waals surface area contributed by atoms with Crippen LogP contribution in [-0.4, -0.2) is 24.9 Å². The highest BCUT2D eigenvalue weighted by atomic mass is 16.5. The standard InChI is InChI=1S/C15H18NO3/c1-16(18)12-5-3-4-11(8-12)15(13(17)19-2)9-14(10-15)6-7-14/h3-5,8H,6-7,9-10H2,1-2H3/q+1. The van der Waals surface area contributed by atoms with Gasteiger partial charge in [-0.25, -0.2) is 0 Å². The minimum Gasteiger partial charge on any atom is -0.468 e. The summed E-state index contributed by atoms with van der Waals surface area (Å²) in [5.74, 6) is -0.171. The minimum atomic E-state index is -0.530. The summed E-state index contributed by atoms with van der Waals surface area (Å²) in [6.07, 6.45) is 4.15. The number of ether oxygens (including phenoxy) is 1. The summed E-state index contributed by atoms with van der Waals surface area (Å²) in [5, 5.41) is 0.